The van der Waals surface area contributed by atoms with Crippen molar-refractivity contribution in [2.75, 3.05) is 5.32 Å². The number of fused-ring (bicyclic) bond motifs is 1. The Kier molecular flexibility index (Phi) is 5.69. The second-order valence-corrected chi connectivity index (χ2v) is 8.05. The Hall–Kier alpha value is -3.21. The number of nitrogens with zero attached hydrogens (tertiary/aromatic N) is 2. The first-order chi connectivity index (χ1) is 13.7. The number of anilines is 1. The number of carbonyl (C=O) groups excluding carboxylic acids is 2. The summed E-state index contributed by atoms with van der Waals surface area (Å²) in [5, 5.41) is 6.16. The van der Waals surface area contributed by atoms with E-state index in [1.807, 2.05) is 0 Å². The van der Waals surface area contributed by atoms with Crippen molar-refractivity contribution in [2.24, 2.45) is 4.99 Å². The molecule has 0 fully saturated rings. The third-order valence-electron chi connectivity index (χ3n) is 4.13. The van der Waals surface area contributed by atoms with Crippen LogP contribution in [0.3, 0.4) is 0 Å². The lowest BCUT2D eigenvalue weighted by Gasteiger charge is -2.16. The molecule has 29 heavy (non-hydrogen) atoms. The van der Waals surface area contributed by atoms with E-state index in [2.05, 4.69) is 20.2 Å². The van der Waals surface area contributed by atoms with E-state index in [0.29, 0.717) is 11.3 Å². The van der Waals surface area contributed by atoms with E-state index in [9.17, 15) is 18.0 Å². The third kappa shape index (κ3) is 4.45. The standard InChI is InChI=1S/C18H20N4O6S/c1-4-13(17(23)20-15-9-10(2)28-21-15)27-18(24)11(3)19-16-12-7-5-6-8-14(12)29(25,26)22-16/h5-9,11,13H,4H2,1-3H3,(H,19,22)(H,20,21,23)/t11-,13-/m0/s1. The predicted molar refractivity (Wildman–Crippen MR) is 103 cm³/mol. The number of benzene rings is 1. The fourth-order valence-corrected chi connectivity index (χ4v) is 3.91. The predicted octanol–water partition coefficient (Wildman–Crippen LogP) is 1.37. The van der Waals surface area contributed by atoms with Gasteiger partial charge in [0, 0.05) is 11.6 Å². The zero-order valence-electron chi connectivity index (χ0n) is 16.0. The zero-order valence-corrected chi connectivity index (χ0v) is 16.8. The van der Waals surface area contributed by atoms with Crippen LogP contribution in [0.25, 0.3) is 0 Å². The number of hydrogen-bond acceptors (Lipinski definition) is 8. The Morgan fingerprint density at radius 1 is 1.34 bits per heavy atom. The van der Waals surface area contributed by atoms with Gasteiger partial charge in [0.2, 0.25) is 0 Å². The van der Waals surface area contributed by atoms with Crippen molar-refractivity contribution in [2.45, 2.75) is 44.2 Å². The average molecular weight is 420 g/mol. The van der Waals surface area contributed by atoms with Gasteiger partial charge in [0.05, 0.1) is 4.90 Å². The second kappa shape index (κ2) is 8.03. The Bertz CT molecular complexity index is 1080. The summed E-state index contributed by atoms with van der Waals surface area (Å²) in [6, 6.07) is 6.81. The Morgan fingerprint density at radius 2 is 2.07 bits per heavy atom. The lowest BCUT2D eigenvalue weighted by atomic mass is 10.2. The number of amides is 1. The second-order valence-electron chi connectivity index (χ2n) is 6.40. The highest BCUT2D eigenvalue weighted by atomic mass is 32.2. The fourth-order valence-electron chi connectivity index (χ4n) is 2.67. The molecule has 11 heteroatoms. The molecule has 1 aliphatic rings. The summed E-state index contributed by atoms with van der Waals surface area (Å²) < 4.78 is 36.7. The van der Waals surface area contributed by atoms with Crippen LogP contribution >= 0.6 is 0 Å². The molecule has 1 amide bonds. The van der Waals surface area contributed by atoms with E-state index in [1.54, 1.807) is 32.0 Å². The van der Waals surface area contributed by atoms with Gasteiger partial charge in [0.15, 0.2) is 11.9 Å². The van der Waals surface area contributed by atoms with Crippen molar-refractivity contribution in [1.82, 2.24) is 9.88 Å². The molecule has 2 atom stereocenters. The van der Waals surface area contributed by atoms with Crippen LogP contribution in [0.1, 0.15) is 31.6 Å². The molecule has 0 aliphatic carbocycles. The van der Waals surface area contributed by atoms with Crippen LogP contribution in [0.15, 0.2) is 44.7 Å². The number of carbonyl (C=O) groups is 2. The molecule has 1 aromatic carbocycles. The molecule has 1 aliphatic heterocycles. The molecule has 0 radical (unpaired) electrons. The highest BCUT2D eigenvalue weighted by Crippen LogP contribution is 2.22. The van der Waals surface area contributed by atoms with Crippen molar-refractivity contribution in [3.63, 3.8) is 0 Å². The summed E-state index contributed by atoms with van der Waals surface area (Å²) in [7, 11) is -3.71. The molecule has 3 rings (SSSR count). The van der Waals surface area contributed by atoms with Crippen molar-refractivity contribution in [1.29, 1.82) is 0 Å². The molecule has 0 unspecified atom stereocenters. The largest absolute Gasteiger partial charge is 0.451 e. The number of aryl methyl sites for hydroxylation is 1. The van der Waals surface area contributed by atoms with Crippen LogP contribution < -0.4 is 10.0 Å². The minimum Gasteiger partial charge on any atom is -0.451 e. The van der Waals surface area contributed by atoms with Gasteiger partial charge in [-0.15, -0.1) is 0 Å². The Labute approximate surface area is 167 Å². The van der Waals surface area contributed by atoms with Gasteiger partial charge in [-0.05, 0) is 32.4 Å². The Morgan fingerprint density at radius 3 is 2.72 bits per heavy atom. The summed E-state index contributed by atoms with van der Waals surface area (Å²) in [5.41, 5.74) is 0.373. The lowest BCUT2D eigenvalue weighted by Crippen LogP contribution is -2.35. The van der Waals surface area contributed by atoms with Crippen LogP contribution in [-0.2, 0) is 24.3 Å². The van der Waals surface area contributed by atoms with Crippen molar-refractivity contribution in [3.05, 3.63) is 41.7 Å². The number of esters is 1. The molecule has 0 saturated carbocycles. The maximum atomic E-state index is 12.4. The fraction of sp³-hybridized carbons (Fsp3) is 0.333. The van der Waals surface area contributed by atoms with Crippen LogP contribution in [0.4, 0.5) is 5.82 Å². The Balaban J connectivity index is 1.70. The van der Waals surface area contributed by atoms with Gasteiger partial charge in [-0.2, -0.15) is 0 Å². The third-order valence-corrected chi connectivity index (χ3v) is 5.52. The molecule has 2 aromatic rings. The first-order valence-corrected chi connectivity index (χ1v) is 10.3. The van der Waals surface area contributed by atoms with E-state index >= 15 is 0 Å². The van der Waals surface area contributed by atoms with E-state index in [1.165, 1.54) is 19.1 Å². The van der Waals surface area contributed by atoms with E-state index in [-0.39, 0.29) is 23.0 Å². The van der Waals surface area contributed by atoms with Crippen LogP contribution in [-0.4, -0.2) is 43.4 Å². The zero-order chi connectivity index (χ0) is 21.2. The molecule has 0 bridgehead atoms. The summed E-state index contributed by atoms with van der Waals surface area (Å²) in [6.45, 7) is 4.82. The molecule has 0 spiro atoms. The number of sulfonamides is 1. The first kappa shape index (κ1) is 20.5. The van der Waals surface area contributed by atoms with Gasteiger partial charge in [-0.3, -0.25) is 14.5 Å². The molecule has 10 nitrogen and oxygen atoms in total. The number of nitrogens with one attached hydrogen (secondary N) is 2. The summed E-state index contributed by atoms with van der Waals surface area (Å²) in [6.07, 6.45) is -0.831. The van der Waals surface area contributed by atoms with Gasteiger partial charge in [0.25, 0.3) is 15.9 Å². The van der Waals surface area contributed by atoms with Crippen LogP contribution in [0.2, 0.25) is 0 Å². The highest BCUT2D eigenvalue weighted by Gasteiger charge is 2.32. The van der Waals surface area contributed by atoms with Crippen molar-refractivity contribution >= 4 is 33.6 Å². The van der Waals surface area contributed by atoms with E-state index in [4.69, 9.17) is 9.26 Å². The summed E-state index contributed by atoms with van der Waals surface area (Å²) in [4.78, 5) is 29.0. The maximum Gasteiger partial charge on any atom is 0.331 e. The number of aliphatic imine (C=N–C) groups is 1. The minimum absolute atomic E-state index is 0.0561. The normalized spacial score (nSPS) is 17.8. The van der Waals surface area contributed by atoms with E-state index < -0.39 is 34.0 Å². The van der Waals surface area contributed by atoms with Crippen molar-refractivity contribution in [3.8, 4) is 0 Å². The summed E-state index contributed by atoms with van der Waals surface area (Å²) >= 11 is 0. The van der Waals surface area contributed by atoms with Crippen LogP contribution in [0.5, 0.6) is 0 Å². The molecule has 2 heterocycles. The minimum atomic E-state index is -3.71. The van der Waals surface area contributed by atoms with Gasteiger partial charge in [-0.25, -0.2) is 13.2 Å². The molecule has 2 N–H and O–H groups in total. The number of amidine groups is 1. The number of rotatable bonds is 6. The number of hydrogen-bond donors (Lipinski definition) is 2. The quantitative estimate of drug-likeness (QED) is 0.673. The topological polar surface area (TPSA) is 140 Å². The summed E-state index contributed by atoms with van der Waals surface area (Å²) in [5.74, 6) is -0.526. The lowest BCUT2D eigenvalue weighted by molar-refractivity contribution is -0.155. The van der Waals surface area contributed by atoms with Gasteiger partial charge in [-0.1, -0.05) is 24.2 Å². The first-order valence-electron chi connectivity index (χ1n) is 8.86. The molecular weight excluding hydrogens is 400 g/mol. The smallest absolute Gasteiger partial charge is 0.331 e. The average Bonchev–Trinajstić information content (AvgIpc) is 3.20. The van der Waals surface area contributed by atoms with Crippen molar-refractivity contribution < 1.29 is 27.3 Å². The SMILES string of the molecule is CC[C@H](OC(=O)[C@H](C)N=C1NS(=O)(=O)c2ccccc21)C(=O)Nc1cc(C)on1. The number of ether oxygens (including phenoxy) is 1. The molecule has 0 saturated heterocycles. The van der Waals surface area contributed by atoms with E-state index in [0.717, 1.165) is 0 Å². The monoisotopic (exact) mass is 420 g/mol. The molecular formula is C18H20N4O6S. The molecule has 1 aromatic heterocycles. The van der Waals surface area contributed by atoms with Gasteiger partial charge >= 0.3 is 5.97 Å². The van der Waals surface area contributed by atoms with Gasteiger partial charge in [0.1, 0.15) is 17.6 Å². The van der Waals surface area contributed by atoms with Crippen LogP contribution in [0, 0.1) is 6.92 Å². The molecule has 154 valence electrons. The maximum absolute atomic E-state index is 12.4. The number of aromatic nitrogens is 1. The van der Waals surface area contributed by atoms with Gasteiger partial charge < -0.3 is 14.6 Å². The highest BCUT2D eigenvalue weighted by molar-refractivity contribution is 7.90.